The van der Waals surface area contributed by atoms with Crippen LogP contribution in [0, 0.1) is 0 Å². The predicted molar refractivity (Wildman–Crippen MR) is 90.3 cm³/mol. The molecule has 2 aromatic heterocycles. The third-order valence-corrected chi connectivity index (χ3v) is 3.71. The van der Waals surface area contributed by atoms with E-state index in [1.54, 1.807) is 24.3 Å². The van der Waals surface area contributed by atoms with Crippen molar-refractivity contribution in [2.45, 2.75) is 25.7 Å². The molecule has 10 heteroatoms. The fraction of sp³-hybridized carbons (Fsp3) is 0.353. The third kappa shape index (κ3) is 4.45. The Morgan fingerprint density at radius 3 is 2.85 bits per heavy atom. The molecule has 1 aromatic carbocycles. The van der Waals surface area contributed by atoms with Gasteiger partial charge in [0.15, 0.2) is 0 Å². The van der Waals surface area contributed by atoms with Crippen LogP contribution in [0.5, 0.6) is 0 Å². The Kier molecular flexibility index (Phi) is 5.17. The van der Waals surface area contributed by atoms with Crippen molar-refractivity contribution in [2.24, 2.45) is 0 Å². The van der Waals surface area contributed by atoms with E-state index in [2.05, 4.69) is 15.0 Å². The average Bonchev–Trinajstić information content (AvgIpc) is 2.95. The molecule has 1 amide bonds. The molecule has 27 heavy (non-hydrogen) atoms. The molecule has 0 aliphatic heterocycles. The van der Waals surface area contributed by atoms with Gasteiger partial charge in [0, 0.05) is 11.4 Å². The van der Waals surface area contributed by atoms with E-state index in [0.717, 1.165) is 4.57 Å². The summed E-state index contributed by atoms with van der Waals surface area (Å²) >= 11 is 0. The van der Waals surface area contributed by atoms with Gasteiger partial charge in [0.1, 0.15) is 24.3 Å². The Balaban J connectivity index is 1.67. The van der Waals surface area contributed by atoms with Gasteiger partial charge < -0.3 is 14.5 Å². The number of fused-ring (bicyclic) bond motifs is 3. The molecule has 7 nitrogen and oxygen atoms in total. The molecule has 0 fully saturated rings. The largest absolute Gasteiger partial charge is 0.448 e. The second-order valence-electron chi connectivity index (χ2n) is 6.05. The minimum atomic E-state index is -4.43. The summed E-state index contributed by atoms with van der Waals surface area (Å²) in [5.41, 5.74) is 0.427. The van der Waals surface area contributed by atoms with Gasteiger partial charge in [-0.05, 0) is 19.1 Å². The first kappa shape index (κ1) is 18.9. The number of nitrogens with zero attached hydrogens (tertiary/aromatic N) is 2. The second kappa shape index (κ2) is 7.39. The molecule has 1 atom stereocenters. The van der Waals surface area contributed by atoms with Gasteiger partial charge in [0.05, 0.1) is 12.9 Å². The number of carbonyl (C=O) groups is 1. The van der Waals surface area contributed by atoms with E-state index in [4.69, 9.17) is 4.42 Å². The van der Waals surface area contributed by atoms with Crippen LogP contribution in [0.4, 0.5) is 13.2 Å². The van der Waals surface area contributed by atoms with Crippen LogP contribution in [0.1, 0.15) is 6.92 Å². The molecule has 1 N–H and O–H groups in total. The summed E-state index contributed by atoms with van der Waals surface area (Å²) < 4.78 is 47.2. The second-order valence-corrected chi connectivity index (χ2v) is 6.05. The lowest BCUT2D eigenvalue weighted by molar-refractivity contribution is -0.175. The first-order valence-corrected chi connectivity index (χ1v) is 8.05. The monoisotopic (exact) mass is 383 g/mol. The summed E-state index contributed by atoms with van der Waals surface area (Å²) in [5, 5.41) is 3.16. The molecule has 3 aromatic rings. The zero-order valence-electron chi connectivity index (χ0n) is 14.2. The SMILES string of the molecule is CC(COCC(F)(F)F)NC(=O)Cn1cnc2c(oc3ccccc32)c1=O. The number of carbonyl (C=O) groups excluding carboxylic acids is 1. The Morgan fingerprint density at radius 1 is 1.37 bits per heavy atom. The van der Waals surface area contributed by atoms with E-state index in [-0.39, 0.29) is 18.7 Å². The Bertz CT molecular complexity index is 1030. The van der Waals surface area contributed by atoms with Crippen LogP contribution in [0.2, 0.25) is 0 Å². The summed E-state index contributed by atoms with van der Waals surface area (Å²) in [7, 11) is 0. The summed E-state index contributed by atoms with van der Waals surface area (Å²) in [6.45, 7) is -0.541. The van der Waals surface area contributed by atoms with E-state index in [0.29, 0.717) is 16.5 Å². The molecule has 0 saturated carbocycles. The van der Waals surface area contributed by atoms with E-state index in [1.165, 1.54) is 13.3 Å². The normalized spacial score (nSPS) is 13.2. The van der Waals surface area contributed by atoms with Gasteiger partial charge in [-0.1, -0.05) is 12.1 Å². The number of benzene rings is 1. The molecule has 0 aliphatic rings. The number of aromatic nitrogens is 2. The minimum Gasteiger partial charge on any atom is -0.448 e. The number of ether oxygens (including phenoxy) is 1. The quantitative estimate of drug-likeness (QED) is 0.706. The highest BCUT2D eigenvalue weighted by Gasteiger charge is 2.27. The Hall–Kier alpha value is -2.88. The highest BCUT2D eigenvalue weighted by molar-refractivity contribution is 6.01. The van der Waals surface area contributed by atoms with Gasteiger partial charge in [0.25, 0.3) is 5.56 Å². The highest BCUT2D eigenvalue weighted by atomic mass is 19.4. The van der Waals surface area contributed by atoms with Crippen molar-refractivity contribution in [2.75, 3.05) is 13.2 Å². The zero-order chi connectivity index (χ0) is 19.6. The first-order valence-electron chi connectivity index (χ1n) is 8.05. The molecule has 3 rings (SSSR count). The van der Waals surface area contributed by atoms with Gasteiger partial charge in [0.2, 0.25) is 11.5 Å². The molecule has 0 spiro atoms. The topological polar surface area (TPSA) is 86.4 Å². The lowest BCUT2D eigenvalue weighted by Crippen LogP contribution is -2.40. The number of hydrogen-bond donors (Lipinski definition) is 1. The maximum atomic E-state index is 12.5. The summed E-state index contributed by atoms with van der Waals surface area (Å²) in [6.07, 6.45) is -3.19. The van der Waals surface area contributed by atoms with Crippen molar-refractivity contribution in [1.29, 1.82) is 0 Å². The maximum absolute atomic E-state index is 12.5. The summed E-state index contributed by atoms with van der Waals surface area (Å²) in [5.74, 6) is -0.558. The fourth-order valence-electron chi connectivity index (χ4n) is 2.60. The Morgan fingerprint density at radius 2 is 2.11 bits per heavy atom. The van der Waals surface area contributed by atoms with E-state index < -0.39 is 30.3 Å². The van der Waals surface area contributed by atoms with Crippen LogP contribution in [-0.2, 0) is 16.1 Å². The molecular formula is C17H16F3N3O4. The molecule has 2 heterocycles. The van der Waals surface area contributed by atoms with Gasteiger partial charge in [-0.2, -0.15) is 13.2 Å². The number of alkyl halides is 3. The van der Waals surface area contributed by atoms with Crippen LogP contribution in [-0.4, -0.2) is 40.9 Å². The minimum absolute atomic E-state index is 0.0352. The highest BCUT2D eigenvalue weighted by Crippen LogP contribution is 2.23. The van der Waals surface area contributed by atoms with E-state index in [9.17, 15) is 22.8 Å². The molecule has 144 valence electrons. The van der Waals surface area contributed by atoms with E-state index >= 15 is 0 Å². The standard InChI is InChI=1S/C17H16F3N3O4/c1-10(7-26-8-17(18,19)20)22-13(24)6-23-9-21-14-11-4-2-3-5-12(11)27-15(14)16(23)25/h2-5,9-10H,6-8H2,1H3,(H,22,24). The van der Waals surface area contributed by atoms with Crippen molar-refractivity contribution in [3.8, 4) is 0 Å². The molecule has 0 radical (unpaired) electrons. The van der Waals surface area contributed by atoms with Crippen molar-refractivity contribution in [3.63, 3.8) is 0 Å². The van der Waals surface area contributed by atoms with Crippen molar-refractivity contribution in [1.82, 2.24) is 14.9 Å². The lowest BCUT2D eigenvalue weighted by Gasteiger charge is -2.15. The zero-order valence-corrected chi connectivity index (χ0v) is 14.2. The molecular weight excluding hydrogens is 367 g/mol. The number of rotatable bonds is 6. The maximum Gasteiger partial charge on any atom is 0.411 e. The number of amides is 1. The van der Waals surface area contributed by atoms with Crippen molar-refractivity contribution in [3.05, 3.63) is 40.9 Å². The van der Waals surface area contributed by atoms with Crippen LogP contribution >= 0.6 is 0 Å². The molecule has 1 unspecified atom stereocenters. The molecule has 0 saturated heterocycles. The Labute approximate surface area is 150 Å². The number of hydrogen-bond acceptors (Lipinski definition) is 5. The van der Waals surface area contributed by atoms with Crippen LogP contribution < -0.4 is 10.9 Å². The average molecular weight is 383 g/mol. The molecule has 0 bridgehead atoms. The van der Waals surface area contributed by atoms with Gasteiger partial charge in [-0.25, -0.2) is 4.98 Å². The lowest BCUT2D eigenvalue weighted by atomic mass is 10.2. The predicted octanol–water partition coefficient (Wildman–Crippen LogP) is 2.23. The van der Waals surface area contributed by atoms with Crippen LogP contribution in [0.3, 0.4) is 0 Å². The number of furan rings is 1. The summed E-state index contributed by atoms with van der Waals surface area (Å²) in [6, 6.07) is 6.38. The smallest absolute Gasteiger partial charge is 0.411 e. The van der Waals surface area contributed by atoms with Gasteiger partial charge in [-0.15, -0.1) is 0 Å². The van der Waals surface area contributed by atoms with Crippen molar-refractivity contribution >= 4 is 28.0 Å². The van der Waals surface area contributed by atoms with Gasteiger partial charge >= 0.3 is 6.18 Å². The van der Waals surface area contributed by atoms with Crippen LogP contribution in [0.25, 0.3) is 22.1 Å². The van der Waals surface area contributed by atoms with E-state index in [1.807, 2.05) is 0 Å². The molecule has 0 aliphatic carbocycles. The van der Waals surface area contributed by atoms with Gasteiger partial charge in [-0.3, -0.25) is 14.2 Å². The number of nitrogens with one attached hydrogen (secondary N) is 1. The third-order valence-electron chi connectivity index (χ3n) is 3.71. The number of halogens is 3. The van der Waals surface area contributed by atoms with Crippen molar-refractivity contribution < 1.29 is 27.1 Å². The summed E-state index contributed by atoms with van der Waals surface area (Å²) in [4.78, 5) is 28.7. The fourth-order valence-corrected chi connectivity index (χ4v) is 2.60. The first-order chi connectivity index (χ1) is 12.7. The van der Waals surface area contributed by atoms with Crippen LogP contribution in [0.15, 0.2) is 39.8 Å². The number of para-hydroxylation sites is 1.